The number of hydrogen-bond acceptors (Lipinski definition) is 3. The molecule has 0 aromatic heterocycles. The molecule has 1 amide bonds. The van der Waals surface area contributed by atoms with Gasteiger partial charge in [-0.05, 0) is 54.1 Å². The van der Waals surface area contributed by atoms with Gasteiger partial charge in [0.1, 0.15) is 12.4 Å². The number of rotatable bonds is 7. The molecule has 0 saturated carbocycles. The lowest BCUT2D eigenvalue weighted by Gasteiger charge is -2.24. The van der Waals surface area contributed by atoms with Gasteiger partial charge in [-0.25, -0.2) is 12.8 Å². The molecule has 0 fully saturated rings. The molecule has 3 rings (SSSR count). The summed E-state index contributed by atoms with van der Waals surface area (Å²) in [7, 11) is -4.10. The Balaban J connectivity index is 1.82. The van der Waals surface area contributed by atoms with Gasteiger partial charge in [0.05, 0.1) is 10.6 Å². The van der Waals surface area contributed by atoms with E-state index >= 15 is 0 Å². The van der Waals surface area contributed by atoms with E-state index in [4.69, 9.17) is 23.2 Å². The summed E-state index contributed by atoms with van der Waals surface area (Å²) in [4.78, 5) is 12.4. The second-order valence-electron chi connectivity index (χ2n) is 6.31. The van der Waals surface area contributed by atoms with Crippen LogP contribution in [0.5, 0.6) is 0 Å². The lowest BCUT2D eigenvalue weighted by atomic mass is 10.2. The molecule has 0 unspecified atom stereocenters. The van der Waals surface area contributed by atoms with Crippen LogP contribution in [-0.4, -0.2) is 20.9 Å². The lowest BCUT2D eigenvalue weighted by Crippen LogP contribution is -2.40. The number of amides is 1. The first-order valence-corrected chi connectivity index (χ1v) is 11.0. The van der Waals surface area contributed by atoms with E-state index in [1.165, 1.54) is 0 Å². The summed E-state index contributed by atoms with van der Waals surface area (Å²) in [6.45, 7) is -0.358. The topological polar surface area (TPSA) is 66.5 Å². The number of nitrogens with zero attached hydrogens (tertiary/aromatic N) is 1. The van der Waals surface area contributed by atoms with Gasteiger partial charge in [-0.2, -0.15) is 0 Å². The van der Waals surface area contributed by atoms with E-state index in [0.717, 1.165) is 28.6 Å². The normalized spacial score (nSPS) is 11.2. The Kier molecular flexibility index (Phi) is 6.97. The summed E-state index contributed by atoms with van der Waals surface area (Å²) in [6, 6.07) is 17.5. The number of carbonyl (C=O) groups excluding carboxylic acids is 1. The summed E-state index contributed by atoms with van der Waals surface area (Å²) in [5.41, 5.74) is 0.948. The summed E-state index contributed by atoms with van der Waals surface area (Å²) >= 11 is 12.0. The second kappa shape index (κ2) is 9.47. The summed E-state index contributed by atoms with van der Waals surface area (Å²) in [6.07, 6.45) is 0. The quantitative estimate of drug-likeness (QED) is 0.551. The number of carbonyl (C=O) groups is 1. The number of sulfonamides is 1. The number of hydrogen-bond donors (Lipinski definition) is 1. The van der Waals surface area contributed by atoms with Crippen molar-refractivity contribution in [3.05, 3.63) is 94.2 Å². The monoisotopic (exact) mass is 466 g/mol. The van der Waals surface area contributed by atoms with Crippen LogP contribution < -0.4 is 9.62 Å². The van der Waals surface area contributed by atoms with Crippen LogP contribution >= 0.6 is 23.2 Å². The van der Waals surface area contributed by atoms with Crippen LogP contribution in [0.25, 0.3) is 0 Å². The Bertz CT molecular complexity index is 1140. The van der Waals surface area contributed by atoms with E-state index in [1.54, 1.807) is 48.5 Å². The van der Waals surface area contributed by atoms with Gasteiger partial charge in [0.2, 0.25) is 5.91 Å². The van der Waals surface area contributed by atoms with Gasteiger partial charge in [0, 0.05) is 16.6 Å². The van der Waals surface area contributed by atoms with Gasteiger partial charge < -0.3 is 5.32 Å². The zero-order valence-electron chi connectivity index (χ0n) is 15.6. The molecule has 0 bridgehead atoms. The molecule has 0 aliphatic rings. The zero-order chi connectivity index (χ0) is 21.7. The third kappa shape index (κ3) is 5.30. The maximum Gasteiger partial charge on any atom is 0.264 e. The third-order valence-corrected chi connectivity index (χ3v) is 6.60. The minimum atomic E-state index is -4.10. The fourth-order valence-corrected chi connectivity index (χ4v) is 4.58. The predicted molar refractivity (Wildman–Crippen MR) is 116 cm³/mol. The predicted octanol–water partition coefficient (Wildman–Crippen LogP) is 4.64. The number of nitrogens with one attached hydrogen (secondary N) is 1. The van der Waals surface area contributed by atoms with Crippen molar-refractivity contribution in [1.29, 1.82) is 0 Å². The first-order valence-electron chi connectivity index (χ1n) is 8.81. The molecule has 0 radical (unpaired) electrons. The van der Waals surface area contributed by atoms with Crippen LogP contribution in [0.15, 0.2) is 77.7 Å². The van der Waals surface area contributed by atoms with E-state index in [1.807, 2.05) is 0 Å². The third-order valence-electron chi connectivity index (χ3n) is 4.22. The molecule has 0 atom stereocenters. The van der Waals surface area contributed by atoms with E-state index < -0.39 is 28.3 Å². The van der Waals surface area contributed by atoms with Gasteiger partial charge in [-0.3, -0.25) is 9.10 Å². The molecule has 3 aromatic carbocycles. The highest BCUT2D eigenvalue weighted by molar-refractivity contribution is 7.92. The Hall–Kier alpha value is -2.61. The number of para-hydroxylation sites is 1. The summed E-state index contributed by atoms with van der Waals surface area (Å²) < 4.78 is 40.5. The van der Waals surface area contributed by atoms with Crippen molar-refractivity contribution in [3.8, 4) is 0 Å². The van der Waals surface area contributed by atoms with Crippen LogP contribution in [-0.2, 0) is 21.4 Å². The van der Waals surface area contributed by atoms with E-state index in [9.17, 15) is 17.6 Å². The fraction of sp³-hybridized carbons (Fsp3) is 0.0952. The van der Waals surface area contributed by atoms with Crippen molar-refractivity contribution in [2.45, 2.75) is 11.4 Å². The largest absolute Gasteiger partial charge is 0.350 e. The van der Waals surface area contributed by atoms with Crippen LogP contribution in [0.1, 0.15) is 5.56 Å². The lowest BCUT2D eigenvalue weighted by molar-refractivity contribution is -0.119. The molecule has 0 spiro atoms. The highest BCUT2D eigenvalue weighted by Crippen LogP contribution is 2.24. The maximum atomic E-state index is 13.2. The van der Waals surface area contributed by atoms with Gasteiger partial charge in [0.25, 0.3) is 10.0 Å². The summed E-state index contributed by atoms with van der Waals surface area (Å²) in [5, 5.41) is 3.52. The zero-order valence-corrected chi connectivity index (χ0v) is 17.9. The second-order valence-corrected chi connectivity index (χ2v) is 9.02. The summed E-state index contributed by atoms with van der Waals surface area (Å²) in [5.74, 6) is -1.09. The number of anilines is 1. The van der Waals surface area contributed by atoms with Gasteiger partial charge in [-0.1, -0.05) is 47.5 Å². The smallest absolute Gasteiger partial charge is 0.264 e. The van der Waals surface area contributed by atoms with Crippen molar-refractivity contribution >= 4 is 44.8 Å². The van der Waals surface area contributed by atoms with Crippen molar-refractivity contribution in [2.75, 3.05) is 10.8 Å². The molecular weight excluding hydrogens is 450 g/mol. The Morgan fingerprint density at radius 1 is 0.967 bits per heavy atom. The molecule has 3 aromatic rings. The van der Waals surface area contributed by atoms with Crippen molar-refractivity contribution in [1.82, 2.24) is 5.32 Å². The standard InChI is InChI=1S/C21H17Cl2FN2O3S/c22-16-7-6-15(20(23)12-16)13-25-21(27)14-26(18-4-2-1-3-5-18)30(28,29)19-10-8-17(24)9-11-19/h1-12H,13-14H2,(H,25,27). The molecule has 0 aliphatic heterocycles. The van der Waals surface area contributed by atoms with E-state index in [0.29, 0.717) is 21.3 Å². The van der Waals surface area contributed by atoms with Crippen LogP contribution in [0, 0.1) is 5.82 Å². The molecule has 0 saturated heterocycles. The molecule has 30 heavy (non-hydrogen) atoms. The van der Waals surface area contributed by atoms with Crippen molar-refractivity contribution in [3.63, 3.8) is 0 Å². The maximum absolute atomic E-state index is 13.2. The first kappa shape index (κ1) is 22.1. The van der Waals surface area contributed by atoms with Crippen LogP contribution in [0.4, 0.5) is 10.1 Å². The average molecular weight is 467 g/mol. The molecule has 0 heterocycles. The molecular formula is C21H17Cl2FN2O3S. The average Bonchev–Trinajstić information content (AvgIpc) is 2.72. The minimum absolute atomic E-state index is 0.105. The van der Waals surface area contributed by atoms with Crippen molar-refractivity contribution < 1.29 is 17.6 Å². The van der Waals surface area contributed by atoms with Gasteiger partial charge in [0.15, 0.2) is 0 Å². The molecule has 5 nitrogen and oxygen atoms in total. The first-order chi connectivity index (χ1) is 14.3. The Morgan fingerprint density at radius 2 is 1.63 bits per heavy atom. The SMILES string of the molecule is O=C(CN(c1ccccc1)S(=O)(=O)c1ccc(F)cc1)NCc1ccc(Cl)cc1Cl. The fourth-order valence-electron chi connectivity index (χ4n) is 2.69. The van der Waals surface area contributed by atoms with E-state index in [2.05, 4.69) is 5.32 Å². The molecule has 9 heteroatoms. The molecule has 0 aliphatic carbocycles. The Morgan fingerprint density at radius 3 is 2.27 bits per heavy atom. The van der Waals surface area contributed by atoms with Crippen LogP contribution in [0.2, 0.25) is 10.0 Å². The number of halogens is 3. The molecule has 1 N–H and O–H groups in total. The van der Waals surface area contributed by atoms with Crippen molar-refractivity contribution in [2.24, 2.45) is 0 Å². The van der Waals surface area contributed by atoms with Gasteiger partial charge in [-0.15, -0.1) is 0 Å². The minimum Gasteiger partial charge on any atom is -0.350 e. The molecule has 156 valence electrons. The van der Waals surface area contributed by atoms with E-state index in [-0.39, 0.29) is 11.4 Å². The van der Waals surface area contributed by atoms with Crippen LogP contribution in [0.3, 0.4) is 0 Å². The van der Waals surface area contributed by atoms with Gasteiger partial charge >= 0.3 is 0 Å². The Labute approximate surface area is 184 Å². The highest BCUT2D eigenvalue weighted by Gasteiger charge is 2.27. The number of benzene rings is 3. The highest BCUT2D eigenvalue weighted by atomic mass is 35.5.